The van der Waals surface area contributed by atoms with Gasteiger partial charge in [-0.3, -0.25) is 9.52 Å². The molecule has 0 aliphatic carbocycles. The van der Waals surface area contributed by atoms with E-state index in [9.17, 15) is 13.2 Å². The maximum atomic E-state index is 12.3. The lowest BCUT2D eigenvalue weighted by molar-refractivity contribution is 0.0963. The summed E-state index contributed by atoms with van der Waals surface area (Å²) in [4.78, 5) is 11.6. The van der Waals surface area contributed by atoms with Gasteiger partial charge in [-0.2, -0.15) is 0 Å². The van der Waals surface area contributed by atoms with Crippen LogP contribution < -0.4 is 10.0 Å². The van der Waals surface area contributed by atoms with Crippen molar-refractivity contribution in [2.75, 3.05) is 11.8 Å². The molecule has 2 aromatic rings. The van der Waals surface area contributed by atoms with Gasteiger partial charge in [0.05, 0.1) is 4.90 Å². The number of benzene rings is 2. The van der Waals surface area contributed by atoms with Crippen LogP contribution in [0, 0.1) is 3.57 Å². The molecule has 21 heavy (non-hydrogen) atoms. The average molecular weight is 416 g/mol. The maximum absolute atomic E-state index is 12.3. The zero-order chi connectivity index (χ0) is 15.5. The van der Waals surface area contributed by atoms with E-state index in [0.29, 0.717) is 11.3 Å². The minimum Gasteiger partial charge on any atom is -0.355 e. The second kappa shape index (κ2) is 6.44. The van der Waals surface area contributed by atoms with E-state index >= 15 is 0 Å². The number of carbonyl (C=O) groups is 1. The number of anilines is 1. The molecule has 0 aromatic heterocycles. The first-order valence-corrected chi connectivity index (χ1v) is 8.59. The topological polar surface area (TPSA) is 75.3 Å². The first kappa shape index (κ1) is 15.8. The summed E-state index contributed by atoms with van der Waals surface area (Å²) < 4.78 is 28.1. The molecule has 1 amide bonds. The molecule has 2 aromatic carbocycles. The van der Waals surface area contributed by atoms with E-state index in [2.05, 4.69) is 32.6 Å². The summed E-state index contributed by atoms with van der Waals surface area (Å²) in [6.07, 6.45) is 0. The largest absolute Gasteiger partial charge is 0.355 e. The summed E-state index contributed by atoms with van der Waals surface area (Å²) in [5.74, 6) is -0.332. The number of hydrogen-bond donors (Lipinski definition) is 2. The molecule has 2 rings (SSSR count). The molecule has 0 unspecified atom stereocenters. The second-order valence-electron chi connectivity index (χ2n) is 4.22. The highest BCUT2D eigenvalue weighted by molar-refractivity contribution is 14.1. The van der Waals surface area contributed by atoms with Gasteiger partial charge in [0.2, 0.25) is 0 Å². The first-order chi connectivity index (χ1) is 9.92. The van der Waals surface area contributed by atoms with E-state index in [4.69, 9.17) is 0 Å². The Kier molecular flexibility index (Phi) is 4.84. The molecule has 0 atom stereocenters. The van der Waals surface area contributed by atoms with Crippen molar-refractivity contribution in [3.63, 3.8) is 0 Å². The molecule has 5 nitrogen and oxygen atoms in total. The standard InChI is InChI=1S/C14H13IN2O3S/c1-16-14(18)10-3-2-4-13(9-10)21(19,20)17-12-7-5-11(15)6-8-12/h2-9,17H,1H3,(H,16,18). The third-order valence-corrected chi connectivity index (χ3v) is 4.83. The van der Waals surface area contributed by atoms with Crippen molar-refractivity contribution < 1.29 is 13.2 Å². The SMILES string of the molecule is CNC(=O)c1cccc(S(=O)(=O)Nc2ccc(I)cc2)c1. The first-order valence-electron chi connectivity index (χ1n) is 6.03. The number of hydrogen-bond acceptors (Lipinski definition) is 3. The highest BCUT2D eigenvalue weighted by Gasteiger charge is 2.16. The predicted molar refractivity (Wildman–Crippen MR) is 89.8 cm³/mol. The van der Waals surface area contributed by atoms with E-state index < -0.39 is 10.0 Å². The van der Waals surface area contributed by atoms with Gasteiger partial charge in [-0.05, 0) is 65.1 Å². The molecule has 2 N–H and O–H groups in total. The van der Waals surface area contributed by atoms with Crippen LogP contribution in [0.2, 0.25) is 0 Å². The van der Waals surface area contributed by atoms with Crippen LogP contribution in [0.4, 0.5) is 5.69 Å². The van der Waals surface area contributed by atoms with E-state index in [1.54, 1.807) is 30.3 Å². The molecule has 0 aliphatic heterocycles. The Morgan fingerprint density at radius 1 is 1.10 bits per heavy atom. The molecule has 7 heteroatoms. The predicted octanol–water partition coefficient (Wildman–Crippen LogP) is 2.45. The maximum Gasteiger partial charge on any atom is 0.261 e. The lowest BCUT2D eigenvalue weighted by Crippen LogP contribution is -2.19. The molecule has 0 radical (unpaired) electrons. The quantitative estimate of drug-likeness (QED) is 0.753. The Labute approximate surface area is 137 Å². The van der Waals surface area contributed by atoms with Gasteiger partial charge < -0.3 is 5.32 Å². The number of rotatable bonds is 4. The van der Waals surface area contributed by atoms with Gasteiger partial charge in [0.25, 0.3) is 15.9 Å². The van der Waals surface area contributed by atoms with E-state index in [1.165, 1.54) is 25.2 Å². The van der Waals surface area contributed by atoms with Gasteiger partial charge in [0.15, 0.2) is 0 Å². The summed E-state index contributed by atoms with van der Waals surface area (Å²) in [6, 6.07) is 12.9. The van der Waals surface area contributed by atoms with Crippen LogP contribution in [0.25, 0.3) is 0 Å². The van der Waals surface area contributed by atoms with Gasteiger partial charge in [-0.1, -0.05) is 6.07 Å². The molecular weight excluding hydrogens is 403 g/mol. The molecule has 0 saturated carbocycles. The Balaban J connectivity index is 2.31. The normalized spacial score (nSPS) is 11.0. The second-order valence-corrected chi connectivity index (χ2v) is 7.15. The van der Waals surface area contributed by atoms with Gasteiger partial charge in [0.1, 0.15) is 0 Å². The fourth-order valence-corrected chi connectivity index (χ4v) is 3.14. The Morgan fingerprint density at radius 3 is 2.38 bits per heavy atom. The summed E-state index contributed by atoms with van der Waals surface area (Å²) in [5.41, 5.74) is 0.767. The van der Waals surface area contributed by atoms with E-state index in [0.717, 1.165) is 3.57 Å². The molecule has 0 saturated heterocycles. The molecule has 110 valence electrons. The number of amides is 1. The lowest BCUT2D eigenvalue weighted by atomic mass is 10.2. The van der Waals surface area contributed by atoms with Crippen LogP contribution in [-0.2, 0) is 10.0 Å². The van der Waals surface area contributed by atoms with Crippen molar-refractivity contribution in [2.45, 2.75) is 4.90 Å². The molecule has 0 aliphatic rings. The number of halogens is 1. The van der Waals surface area contributed by atoms with Crippen LogP contribution in [0.1, 0.15) is 10.4 Å². The summed E-state index contributed by atoms with van der Waals surface area (Å²) in [5, 5.41) is 2.46. The Hall–Kier alpha value is -1.61. The van der Waals surface area contributed by atoms with E-state index in [-0.39, 0.29) is 10.8 Å². The lowest BCUT2D eigenvalue weighted by Gasteiger charge is -2.09. The minimum absolute atomic E-state index is 0.0437. The molecule has 0 bridgehead atoms. The zero-order valence-corrected chi connectivity index (χ0v) is 14.1. The van der Waals surface area contributed by atoms with Crippen molar-refractivity contribution in [2.24, 2.45) is 0 Å². The summed E-state index contributed by atoms with van der Waals surface area (Å²) in [7, 11) is -2.23. The van der Waals surface area contributed by atoms with Crippen molar-refractivity contribution in [1.82, 2.24) is 5.32 Å². The van der Waals surface area contributed by atoms with Crippen molar-refractivity contribution >= 4 is 44.2 Å². The smallest absolute Gasteiger partial charge is 0.261 e. The van der Waals surface area contributed by atoms with Crippen LogP contribution in [0.3, 0.4) is 0 Å². The van der Waals surface area contributed by atoms with Crippen molar-refractivity contribution in [3.8, 4) is 0 Å². The molecular formula is C14H13IN2O3S. The van der Waals surface area contributed by atoms with E-state index in [1.807, 2.05) is 0 Å². The Bertz CT molecular complexity index is 758. The fourth-order valence-electron chi connectivity index (χ4n) is 1.68. The zero-order valence-electron chi connectivity index (χ0n) is 11.1. The van der Waals surface area contributed by atoms with Crippen molar-refractivity contribution in [1.29, 1.82) is 0 Å². The Morgan fingerprint density at radius 2 is 1.76 bits per heavy atom. The highest BCUT2D eigenvalue weighted by Crippen LogP contribution is 2.18. The fraction of sp³-hybridized carbons (Fsp3) is 0.0714. The van der Waals surface area contributed by atoms with Crippen LogP contribution in [-0.4, -0.2) is 21.4 Å². The van der Waals surface area contributed by atoms with Gasteiger partial charge in [0, 0.05) is 21.9 Å². The van der Waals surface area contributed by atoms with Gasteiger partial charge in [-0.25, -0.2) is 8.42 Å². The number of nitrogens with one attached hydrogen (secondary N) is 2. The number of sulfonamides is 1. The van der Waals surface area contributed by atoms with Gasteiger partial charge in [-0.15, -0.1) is 0 Å². The molecule has 0 heterocycles. The van der Waals surface area contributed by atoms with Crippen molar-refractivity contribution in [3.05, 3.63) is 57.7 Å². The monoisotopic (exact) mass is 416 g/mol. The highest BCUT2D eigenvalue weighted by atomic mass is 127. The van der Waals surface area contributed by atoms with Crippen LogP contribution in [0.5, 0.6) is 0 Å². The summed E-state index contributed by atoms with van der Waals surface area (Å²) in [6.45, 7) is 0. The summed E-state index contributed by atoms with van der Waals surface area (Å²) >= 11 is 2.14. The number of carbonyl (C=O) groups excluding carboxylic acids is 1. The third kappa shape index (κ3) is 3.94. The van der Waals surface area contributed by atoms with Crippen LogP contribution >= 0.6 is 22.6 Å². The minimum atomic E-state index is -3.72. The third-order valence-electron chi connectivity index (χ3n) is 2.73. The van der Waals surface area contributed by atoms with Crippen LogP contribution in [0.15, 0.2) is 53.4 Å². The average Bonchev–Trinajstić information content (AvgIpc) is 2.49. The molecule has 0 spiro atoms. The van der Waals surface area contributed by atoms with Gasteiger partial charge >= 0.3 is 0 Å². The molecule has 0 fully saturated rings.